The van der Waals surface area contributed by atoms with Crippen LogP contribution >= 0.6 is 0 Å². The Bertz CT molecular complexity index is 595. The van der Waals surface area contributed by atoms with E-state index in [-0.39, 0.29) is 16.8 Å². The summed E-state index contributed by atoms with van der Waals surface area (Å²) in [6.45, 7) is 0. The number of carboxylic acid groups (broad SMARTS) is 2. The Morgan fingerprint density at radius 3 is 2.16 bits per heavy atom. The largest absolute Gasteiger partial charge is 0.478 e. The zero-order chi connectivity index (χ0) is 14.0. The number of carbonyl (C=O) groups is 2. The molecule has 0 radical (unpaired) electrons. The van der Waals surface area contributed by atoms with Crippen LogP contribution in [-0.4, -0.2) is 22.2 Å². The van der Waals surface area contributed by atoms with Gasteiger partial charge in [0.2, 0.25) is 0 Å². The van der Waals surface area contributed by atoms with Crippen molar-refractivity contribution in [1.82, 2.24) is 0 Å². The van der Waals surface area contributed by atoms with E-state index in [9.17, 15) is 9.59 Å². The van der Waals surface area contributed by atoms with Crippen molar-refractivity contribution in [1.29, 1.82) is 0 Å². The summed E-state index contributed by atoms with van der Waals surface area (Å²) < 4.78 is 5.14. The molecule has 2 aromatic rings. The summed E-state index contributed by atoms with van der Waals surface area (Å²) in [6.07, 6.45) is 1.79. The van der Waals surface area contributed by atoms with Gasteiger partial charge in [-0.3, -0.25) is 0 Å². The first kappa shape index (κ1) is 12.7. The van der Waals surface area contributed by atoms with Crippen molar-refractivity contribution in [3.63, 3.8) is 0 Å². The number of hydrogen-bond donors (Lipinski definition) is 3. The lowest BCUT2D eigenvalue weighted by atomic mass is 10.00. The third-order valence-corrected chi connectivity index (χ3v) is 2.66. The number of nitrogens with two attached hydrogens (primary N) is 1. The van der Waals surface area contributed by atoms with Crippen LogP contribution in [-0.2, 0) is 6.42 Å². The van der Waals surface area contributed by atoms with Gasteiger partial charge in [0.1, 0.15) is 5.76 Å². The molecule has 0 bridgehead atoms. The first-order chi connectivity index (χ1) is 8.99. The van der Waals surface area contributed by atoms with E-state index in [0.717, 1.165) is 0 Å². The highest BCUT2D eigenvalue weighted by Crippen LogP contribution is 2.22. The van der Waals surface area contributed by atoms with Crippen molar-refractivity contribution in [2.45, 2.75) is 6.42 Å². The molecule has 0 aliphatic heterocycles. The summed E-state index contributed by atoms with van der Waals surface area (Å²) in [5.74, 6) is -1.92. The Kier molecular flexibility index (Phi) is 3.24. The number of aromatic carboxylic acids is 2. The van der Waals surface area contributed by atoms with Crippen LogP contribution < -0.4 is 5.73 Å². The van der Waals surface area contributed by atoms with E-state index in [2.05, 4.69) is 0 Å². The average molecular weight is 261 g/mol. The second-order valence-electron chi connectivity index (χ2n) is 3.97. The number of rotatable bonds is 4. The van der Waals surface area contributed by atoms with E-state index in [1.54, 1.807) is 12.1 Å². The molecule has 0 amide bonds. The zero-order valence-electron chi connectivity index (χ0n) is 9.79. The number of furan rings is 1. The quantitative estimate of drug-likeness (QED) is 0.723. The molecule has 0 atom stereocenters. The number of nitrogen functional groups attached to an aromatic ring is 1. The van der Waals surface area contributed by atoms with E-state index in [0.29, 0.717) is 17.7 Å². The first-order valence-electron chi connectivity index (χ1n) is 5.40. The Hall–Kier alpha value is -2.76. The molecule has 98 valence electrons. The minimum Gasteiger partial charge on any atom is -0.478 e. The van der Waals surface area contributed by atoms with Gasteiger partial charge in [0.05, 0.1) is 23.1 Å². The van der Waals surface area contributed by atoms with Gasteiger partial charge < -0.3 is 20.4 Å². The molecule has 6 nitrogen and oxygen atoms in total. The molecule has 6 heteroatoms. The van der Waals surface area contributed by atoms with Crippen LogP contribution in [0, 0.1) is 0 Å². The Morgan fingerprint density at radius 1 is 1.16 bits per heavy atom. The lowest BCUT2D eigenvalue weighted by Gasteiger charge is -2.08. The SMILES string of the molecule is Nc1c(C(=O)O)cc(Cc2ccco2)cc1C(=O)O. The minimum absolute atomic E-state index is 0.221. The van der Waals surface area contributed by atoms with Gasteiger partial charge in [-0.1, -0.05) is 0 Å². The number of benzene rings is 1. The lowest BCUT2D eigenvalue weighted by molar-refractivity contribution is 0.0696. The number of carboxylic acids is 2. The van der Waals surface area contributed by atoms with E-state index < -0.39 is 11.9 Å². The van der Waals surface area contributed by atoms with Crippen molar-refractivity contribution in [3.05, 3.63) is 53.0 Å². The van der Waals surface area contributed by atoms with Crippen LogP contribution in [0.3, 0.4) is 0 Å². The molecule has 1 aromatic carbocycles. The molecular formula is C13H11NO5. The third-order valence-electron chi connectivity index (χ3n) is 2.66. The van der Waals surface area contributed by atoms with Crippen molar-refractivity contribution in [2.75, 3.05) is 5.73 Å². The highest BCUT2D eigenvalue weighted by Gasteiger charge is 2.18. The average Bonchev–Trinajstić information content (AvgIpc) is 2.83. The van der Waals surface area contributed by atoms with Gasteiger partial charge in [-0.15, -0.1) is 0 Å². The zero-order valence-corrected chi connectivity index (χ0v) is 9.79. The highest BCUT2D eigenvalue weighted by atomic mass is 16.4. The number of hydrogen-bond acceptors (Lipinski definition) is 4. The molecule has 0 saturated carbocycles. The van der Waals surface area contributed by atoms with Crippen LogP contribution in [0.4, 0.5) is 5.69 Å². The first-order valence-corrected chi connectivity index (χ1v) is 5.40. The van der Waals surface area contributed by atoms with Gasteiger partial charge in [-0.2, -0.15) is 0 Å². The van der Waals surface area contributed by atoms with E-state index in [1.165, 1.54) is 18.4 Å². The molecule has 19 heavy (non-hydrogen) atoms. The van der Waals surface area contributed by atoms with Crippen LogP contribution in [0.5, 0.6) is 0 Å². The van der Waals surface area contributed by atoms with Crippen LogP contribution in [0.25, 0.3) is 0 Å². The van der Waals surface area contributed by atoms with Gasteiger partial charge in [-0.05, 0) is 29.8 Å². The molecule has 1 heterocycles. The van der Waals surface area contributed by atoms with Crippen molar-refractivity contribution in [3.8, 4) is 0 Å². The summed E-state index contributed by atoms with van der Waals surface area (Å²) in [5, 5.41) is 18.1. The van der Waals surface area contributed by atoms with Crippen LogP contribution in [0.15, 0.2) is 34.9 Å². The smallest absolute Gasteiger partial charge is 0.337 e. The Morgan fingerprint density at radius 2 is 1.74 bits per heavy atom. The summed E-state index contributed by atoms with van der Waals surface area (Å²) >= 11 is 0. The van der Waals surface area contributed by atoms with Crippen molar-refractivity contribution < 1.29 is 24.2 Å². The van der Waals surface area contributed by atoms with Gasteiger partial charge >= 0.3 is 11.9 Å². The molecule has 0 fully saturated rings. The second-order valence-corrected chi connectivity index (χ2v) is 3.97. The summed E-state index contributed by atoms with van der Waals surface area (Å²) in [5.41, 5.74) is 5.37. The van der Waals surface area contributed by atoms with Gasteiger partial charge in [0, 0.05) is 6.42 Å². The van der Waals surface area contributed by atoms with Crippen LogP contribution in [0.2, 0.25) is 0 Å². The van der Waals surface area contributed by atoms with E-state index in [1.807, 2.05) is 0 Å². The maximum absolute atomic E-state index is 11.1. The lowest BCUT2D eigenvalue weighted by Crippen LogP contribution is -2.10. The van der Waals surface area contributed by atoms with Crippen LogP contribution in [0.1, 0.15) is 32.0 Å². The topological polar surface area (TPSA) is 114 Å². The Labute approximate surface area is 108 Å². The summed E-state index contributed by atoms with van der Waals surface area (Å²) in [7, 11) is 0. The molecule has 0 spiro atoms. The fraction of sp³-hybridized carbons (Fsp3) is 0.0769. The molecule has 0 saturated heterocycles. The summed E-state index contributed by atoms with van der Waals surface area (Å²) in [4.78, 5) is 22.1. The summed E-state index contributed by atoms with van der Waals surface area (Å²) in [6, 6.07) is 6.12. The van der Waals surface area contributed by atoms with Gasteiger partial charge in [-0.25, -0.2) is 9.59 Å². The fourth-order valence-electron chi connectivity index (χ4n) is 1.78. The minimum atomic E-state index is -1.26. The molecule has 2 rings (SSSR count). The number of anilines is 1. The highest BCUT2D eigenvalue weighted by molar-refractivity contribution is 6.02. The fourth-order valence-corrected chi connectivity index (χ4v) is 1.78. The molecule has 1 aromatic heterocycles. The van der Waals surface area contributed by atoms with E-state index >= 15 is 0 Å². The predicted octanol–water partition coefficient (Wildman–Crippen LogP) is 1.85. The molecule has 0 unspecified atom stereocenters. The van der Waals surface area contributed by atoms with Crippen molar-refractivity contribution in [2.24, 2.45) is 0 Å². The maximum Gasteiger partial charge on any atom is 0.337 e. The monoisotopic (exact) mass is 261 g/mol. The standard InChI is InChI=1S/C13H11NO5/c14-11-9(12(15)16)5-7(6-10(11)13(17)18)4-8-2-1-3-19-8/h1-3,5-6H,4,14H2,(H,15,16)(H,17,18). The molecular weight excluding hydrogens is 250 g/mol. The Balaban J connectivity index is 2.50. The molecule has 0 aliphatic rings. The molecule has 4 N–H and O–H groups in total. The predicted molar refractivity (Wildman–Crippen MR) is 66.3 cm³/mol. The molecule has 0 aliphatic carbocycles. The van der Waals surface area contributed by atoms with Gasteiger partial charge in [0.15, 0.2) is 0 Å². The third kappa shape index (κ3) is 2.57. The van der Waals surface area contributed by atoms with Crippen molar-refractivity contribution >= 4 is 17.6 Å². The van der Waals surface area contributed by atoms with Gasteiger partial charge in [0.25, 0.3) is 0 Å². The van der Waals surface area contributed by atoms with E-state index in [4.69, 9.17) is 20.4 Å². The maximum atomic E-state index is 11.1. The normalized spacial score (nSPS) is 10.3. The second kappa shape index (κ2) is 4.85.